The van der Waals surface area contributed by atoms with E-state index in [0.29, 0.717) is 0 Å². The van der Waals surface area contributed by atoms with Gasteiger partial charge in [0.2, 0.25) is 0 Å². The molecule has 0 amide bonds. The van der Waals surface area contributed by atoms with Gasteiger partial charge in [-0.15, -0.1) is 6.58 Å². The van der Waals surface area contributed by atoms with Crippen LogP contribution >= 0.6 is 0 Å². The molecule has 0 rings (SSSR count). The molecule has 0 saturated heterocycles. The minimum Gasteiger partial charge on any atom is -0.103 e. The van der Waals surface area contributed by atoms with Crippen molar-refractivity contribution in [3.63, 3.8) is 0 Å². The van der Waals surface area contributed by atoms with Gasteiger partial charge in [0.25, 0.3) is 0 Å². The third-order valence-corrected chi connectivity index (χ3v) is 3.74. The van der Waals surface area contributed by atoms with E-state index in [4.69, 9.17) is 0 Å². The summed E-state index contributed by atoms with van der Waals surface area (Å²) in [6, 6.07) is 0. The summed E-state index contributed by atoms with van der Waals surface area (Å²) in [5.74, 6) is 2.71. The number of allylic oxidation sites excluding steroid dienone is 1. The topological polar surface area (TPSA) is 0 Å². The monoisotopic (exact) mass is 238 g/mol. The summed E-state index contributed by atoms with van der Waals surface area (Å²) in [6.45, 7) is 13.3. The summed E-state index contributed by atoms with van der Waals surface area (Å²) < 4.78 is 0. The van der Waals surface area contributed by atoms with Gasteiger partial charge in [-0.2, -0.15) is 0 Å². The van der Waals surface area contributed by atoms with Gasteiger partial charge in [0.05, 0.1) is 0 Å². The number of rotatable bonds is 11. The zero-order valence-corrected chi connectivity index (χ0v) is 12.7. The van der Waals surface area contributed by atoms with Crippen molar-refractivity contribution in [2.24, 2.45) is 17.8 Å². The second-order valence-corrected chi connectivity index (χ2v) is 6.33. The van der Waals surface area contributed by atoms with Gasteiger partial charge in [0, 0.05) is 0 Å². The van der Waals surface area contributed by atoms with Gasteiger partial charge in [0.1, 0.15) is 0 Å². The van der Waals surface area contributed by atoms with E-state index in [1.165, 1.54) is 51.4 Å². The van der Waals surface area contributed by atoms with Gasteiger partial charge in [-0.05, 0) is 30.6 Å². The van der Waals surface area contributed by atoms with E-state index in [-0.39, 0.29) is 0 Å². The molecule has 2 atom stereocenters. The van der Waals surface area contributed by atoms with Gasteiger partial charge in [-0.1, -0.05) is 72.3 Å². The molecule has 0 N–H and O–H groups in total. The smallest absolute Gasteiger partial charge is 0.0353 e. The quantitative estimate of drug-likeness (QED) is 0.296. The molecule has 0 aliphatic heterocycles. The number of unbranched alkanes of at least 4 members (excludes halogenated alkanes) is 1. The molecule has 0 fully saturated rings. The summed E-state index contributed by atoms with van der Waals surface area (Å²) in [6.07, 6.45) is 13.0. The summed E-state index contributed by atoms with van der Waals surface area (Å²) in [7, 11) is 0. The highest BCUT2D eigenvalue weighted by Gasteiger charge is 2.06. The normalized spacial score (nSPS) is 14.9. The van der Waals surface area contributed by atoms with E-state index < -0.39 is 0 Å². The Morgan fingerprint density at radius 1 is 0.765 bits per heavy atom. The molecule has 0 spiro atoms. The standard InChI is InChI=1S/C17H34/c1-6-7-8-10-16(4)11-9-12-17(5)14-13-15(2)3/h6,15-17H,1,7-14H2,2-5H3/t16-,17-/m0/s1. The zero-order valence-electron chi connectivity index (χ0n) is 12.7. The van der Waals surface area contributed by atoms with E-state index in [2.05, 4.69) is 34.3 Å². The van der Waals surface area contributed by atoms with Crippen LogP contribution in [-0.4, -0.2) is 0 Å². The van der Waals surface area contributed by atoms with Gasteiger partial charge >= 0.3 is 0 Å². The second-order valence-electron chi connectivity index (χ2n) is 6.33. The summed E-state index contributed by atoms with van der Waals surface area (Å²) in [5.41, 5.74) is 0. The largest absolute Gasteiger partial charge is 0.103 e. The first-order valence-electron chi connectivity index (χ1n) is 7.67. The SMILES string of the molecule is C=CCCC[C@H](C)CCC[C@H](C)CCC(C)C. The molecule has 0 aromatic rings. The van der Waals surface area contributed by atoms with Crippen molar-refractivity contribution in [1.29, 1.82) is 0 Å². The molecule has 0 aromatic heterocycles. The van der Waals surface area contributed by atoms with Gasteiger partial charge < -0.3 is 0 Å². The van der Waals surface area contributed by atoms with Crippen LogP contribution in [0.2, 0.25) is 0 Å². The maximum absolute atomic E-state index is 3.78. The Kier molecular flexibility index (Phi) is 10.7. The first kappa shape index (κ1) is 16.7. The molecule has 0 aliphatic carbocycles. The summed E-state index contributed by atoms with van der Waals surface area (Å²) >= 11 is 0. The second kappa shape index (κ2) is 10.9. The average molecular weight is 238 g/mol. The molecule has 17 heavy (non-hydrogen) atoms. The molecular formula is C17H34. The molecule has 0 radical (unpaired) electrons. The van der Waals surface area contributed by atoms with Crippen molar-refractivity contribution in [1.82, 2.24) is 0 Å². The number of hydrogen-bond donors (Lipinski definition) is 0. The molecule has 0 unspecified atom stereocenters. The van der Waals surface area contributed by atoms with E-state index in [1.54, 1.807) is 0 Å². The lowest BCUT2D eigenvalue weighted by Crippen LogP contribution is -2.00. The fourth-order valence-corrected chi connectivity index (χ4v) is 2.33. The van der Waals surface area contributed by atoms with Crippen LogP contribution in [0.25, 0.3) is 0 Å². The highest BCUT2D eigenvalue weighted by molar-refractivity contribution is 4.67. The van der Waals surface area contributed by atoms with Crippen molar-refractivity contribution < 1.29 is 0 Å². The Hall–Kier alpha value is -0.260. The van der Waals surface area contributed by atoms with Gasteiger partial charge in [-0.25, -0.2) is 0 Å². The maximum atomic E-state index is 3.78. The van der Waals surface area contributed by atoms with E-state index >= 15 is 0 Å². The molecule has 0 saturated carbocycles. The highest BCUT2D eigenvalue weighted by atomic mass is 14.1. The maximum Gasteiger partial charge on any atom is -0.0353 e. The van der Waals surface area contributed by atoms with Crippen LogP contribution in [0.4, 0.5) is 0 Å². The predicted molar refractivity (Wildman–Crippen MR) is 80.3 cm³/mol. The Morgan fingerprint density at radius 3 is 1.82 bits per heavy atom. The van der Waals surface area contributed by atoms with Crippen molar-refractivity contribution in [3.05, 3.63) is 12.7 Å². The van der Waals surface area contributed by atoms with Crippen LogP contribution in [0.15, 0.2) is 12.7 Å². The molecule has 0 bridgehead atoms. The van der Waals surface area contributed by atoms with Crippen LogP contribution in [0, 0.1) is 17.8 Å². The minimum absolute atomic E-state index is 0.871. The zero-order chi connectivity index (χ0) is 13.1. The Morgan fingerprint density at radius 2 is 1.29 bits per heavy atom. The lowest BCUT2D eigenvalue weighted by molar-refractivity contribution is 0.384. The van der Waals surface area contributed by atoms with E-state index in [0.717, 1.165) is 17.8 Å². The summed E-state index contributed by atoms with van der Waals surface area (Å²) in [4.78, 5) is 0. The van der Waals surface area contributed by atoms with Crippen molar-refractivity contribution in [2.45, 2.75) is 79.1 Å². The van der Waals surface area contributed by atoms with Crippen molar-refractivity contribution in [2.75, 3.05) is 0 Å². The predicted octanol–water partition coefficient (Wildman–Crippen LogP) is 6.22. The lowest BCUT2D eigenvalue weighted by atomic mass is 9.91. The third kappa shape index (κ3) is 12.0. The van der Waals surface area contributed by atoms with Crippen molar-refractivity contribution in [3.8, 4) is 0 Å². The highest BCUT2D eigenvalue weighted by Crippen LogP contribution is 2.21. The van der Waals surface area contributed by atoms with Crippen LogP contribution in [0.3, 0.4) is 0 Å². The molecule has 0 heteroatoms. The molecular weight excluding hydrogens is 204 g/mol. The summed E-state index contributed by atoms with van der Waals surface area (Å²) in [5, 5.41) is 0. The van der Waals surface area contributed by atoms with Crippen LogP contribution in [-0.2, 0) is 0 Å². The lowest BCUT2D eigenvalue weighted by Gasteiger charge is -2.15. The van der Waals surface area contributed by atoms with Gasteiger partial charge in [0.15, 0.2) is 0 Å². The third-order valence-electron chi connectivity index (χ3n) is 3.74. The molecule has 0 nitrogen and oxygen atoms in total. The van der Waals surface area contributed by atoms with Crippen LogP contribution in [0.1, 0.15) is 79.1 Å². The first-order valence-corrected chi connectivity index (χ1v) is 7.67. The number of hydrogen-bond acceptors (Lipinski definition) is 0. The fraction of sp³-hybridized carbons (Fsp3) is 0.882. The van der Waals surface area contributed by atoms with Gasteiger partial charge in [-0.3, -0.25) is 0 Å². The Balaban J connectivity index is 3.38. The van der Waals surface area contributed by atoms with Crippen LogP contribution < -0.4 is 0 Å². The minimum atomic E-state index is 0.871. The molecule has 0 aliphatic rings. The molecule has 102 valence electrons. The Labute approximate surface area is 110 Å². The first-order chi connectivity index (χ1) is 8.06. The fourth-order valence-electron chi connectivity index (χ4n) is 2.33. The van der Waals surface area contributed by atoms with Crippen molar-refractivity contribution >= 4 is 0 Å². The molecule has 0 aromatic carbocycles. The Bertz CT molecular complexity index is 169. The molecule has 0 heterocycles. The average Bonchev–Trinajstić information content (AvgIpc) is 2.27. The van der Waals surface area contributed by atoms with E-state index in [9.17, 15) is 0 Å². The van der Waals surface area contributed by atoms with Crippen LogP contribution in [0.5, 0.6) is 0 Å². The van der Waals surface area contributed by atoms with E-state index in [1.807, 2.05) is 6.08 Å².